The van der Waals surface area contributed by atoms with Crippen molar-refractivity contribution in [1.29, 1.82) is 0 Å². The zero-order valence-electron chi connectivity index (χ0n) is 31.9. The minimum absolute atomic E-state index is 0.180. The molecular formula is C41H71O9P. The zero-order valence-corrected chi connectivity index (χ0v) is 32.8. The number of rotatable bonds is 35. The molecule has 1 aliphatic heterocycles. The maximum Gasteiger partial charge on any atom is 0.469 e. The van der Waals surface area contributed by atoms with Crippen LogP contribution in [0.3, 0.4) is 0 Å². The van der Waals surface area contributed by atoms with Gasteiger partial charge in [-0.3, -0.25) is 14.1 Å². The van der Waals surface area contributed by atoms with Crippen molar-refractivity contribution in [2.75, 3.05) is 13.2 Å². The van der Waals surface area contributed by atoms with Crippen LogP contribution >= 0.6 is 7.82 Å². The molecule has 294 valence electrons. The van der Waals surface area contributed by atoms with Crippen LogP contribution in [0.5, 0.6) is 0 Å². The second-order valence-corrected chi connectivity index (χ2v) is 14.9. The molecule has 0 aromatic rings. The fourth-order valence-corrected chi connectivity index (χ4v) is 5.94. The van der Waals surface area contributed by atoms with Gasteiger partial charge in [0.15, 0.2) is 6.10 Å². The fourth-order valence-electron chi connectivity index (χ4n) is 5.58. The van der Waals surface area contributed by atoms with Gasteiger partial charge in [0.1, 0.15) is 6.61 Å². The van der Waals surface area contributed by atoms with E-state index in [4.69, 9.17) is 24.0 Å². The van der Waals surface area contributed by atoms with E-state index in [9.17, 15) is 14.2 Å². The molecule has 1 fully saturated rings. The van der Waals surface area contributed by atoms with Crippen LogP contribution < -0.4 is 0 Å². The Morgan fingerprint density at radius 2 is 1.08 bits per heavy atom. The van der Waals surface area contributed by atoms with E-state index in [0.717, 1.165) is 57.8 Å². The van der Waals surface area contributed by atoms with Crippen LogP contribution in [0.2, 0.25) is 0 Å². The summed E-state index contributed by atoms with van der Waals surface area (Å²) in [5.41, 5.74) is 0. The van der Waals surface area contributed by atoms with Crippen molar-refractivity contribution >= 4 is 19.8 Å². The maximum atomic E-state index is 12.4. The number of hydrogen-bond donors (Lipinski definition) is 2. The summed E-state index contributed by atoms with van der Waals surface area (Å²) in [7, 11) is -4.77. The van der Waals surface area contributed by atoms with Gasteiger partial charge < -0.3 is 24.0 Å². The molecule has 0 saturated carbocycles. The number of esters is 2. The third-order valence-corrected chi connectivity index (χ3v) is 9.21. The van der Waals surface area contributed by atoms with E-state index in [1.54, 1.807) is 0 Å². The van der Waals surface area contributed by atoms with Crippen molar-refractivity contribution in [1.82, 2.24) is 0 Å². The molecule has 0 amide bonds. The van der Waals surface area contributed by atoms with Gasteiger partial charge in [0.25, 0.3) is 0 Å². The Morgan fingerprint density at radius 1 is 0.608 bits per heavy atom. The molecular weight excluding hydrogens is 667 g/mol. The van der Waals surface area contributed by atoms with Gasteiger partial charge in [0.2, 0.25) is 0 Å². The quantitative estimate of drug-likeness (QED) is 0.0214. The lowest BCUT2D eigenvalue weighted by molar-refractivity contribution is -0.161. The van der Waals surface area contributed by atoms with Crippen molar-refractivity contribution in [3.8, 4) is 0 Å². The summed E-state index contributed by atoms with van der Waals surface area (Å²) in [4.78, 5) is 42.8. The molecule has 1 saturated heterocycles. The third-order valence-electron chi connectivity index (χ3n) is 8.72. The van der Waals surface area contributed by atoms with Crippen LogP contribution in [-0.2, 0) is 32.9 Å². The summed E-state index contributed by atoms with van der Waals surface area (Å²) in [5, 5.41) is 0. The fraction of sp³-hybridized carbons (Fsp3) is 0.756. The first-order chi connectivity index (χ1) is 24.7. The van der Waals surface area contributed by atoms with Gasteiger partial charge in [-0.15, -0.1) is 0 Å². The number of phosphoric acid groups is 1. The van der Waals surface area contributed by atoms with E-state index >= 15 is 0 Å². The minimum atomic E-state index is -4.77. The number of carbonyl (C=O) groups is 2. The molecule has 0 radical (unpaired) electrons. The average Bonchev–Trinajstić information content (AvgIpc) is 3.85. The monoisotopic (exact) mass is 738 g/mol. The van der Waals surface area contributed by atoms with Crippen LogP contribution in [-0.4, -0.2) is 53.3 Å². The molecule has 2 N–H and O–H groups in total. The Hall–Kier alpha value is -2.03. The molecule has 0 bridgehead atoms. The SMILES string of the molecule is CCCCC/C=C\C/C=C\CC1OC1C/C=C\CCCC(=O)OC[C@H](COP(=O)(O)O)OC(=O)CCCCCCC/C=C\CCCCCCCC. The lowest BCUT2D eigenvalue weighted by atomic mass is 10.1. The van der Waals surface area contributed by atoms with E-state index in [1.807, 2.05) is 6.08 Å². The van der Waals surface area contributed by atoms with Crippen LogP contribution in [0.25, 0.3) is 0 Å². The first-order valence-corrected chi connectivity index (χ1v) is 21.6. The molecule has 1 aliphatic rings. The van der Waals surface area contributed by atoms with Crippen molar-refractivity contribution in [2.24, 2.45) is 0 Å². The van der Waals surface area contributed by atoms with Crippen LogP contribution in [0.4, 0.5) is 0 Å². The lowest BCUT2D eigenvalue weighted by Crippen LogP contribution is -2.29. The highest BCUT2D eigenvalue weighted by atomic mass is 31.2. The Kier molecular flexibility index (Phi) is 30.0. The van der Waals surface area contributed by atoms with Gasteiger partial charge in [-0.1, -0.05) is 127 Å². The Balaban J connectivity index is 2.14. The van der Waals surface area contributed by atoms with Gasteiger partial charge in [-0.05, 0) is 77.0 Å². The number of carbonyl (C=O) groups excluding carboxylic acids is 2. The summed E-state index contributed by atoms with van der Waals surface area (Å²) >= 11 is 0. The highest BCUT2D eigenvalue weighted by Gasteiger charge is 2.36. The van der Waals surface area contributed by atoms with E-state index < -0.39 is 32.5 Å². The Labute approximate surface area is 309 Å². The number of epoxide rings is 1. The molecule has 3 atom stereocenters. The van der Waals surface area contributed by atoms with Gasteiger partial charge in [0, 0.05) is 12.8 Å². The van der Waals surface area contributed by atoms with Crippen molar-refractivity contribution < 1.29 is 42.7 Å². The summed E-state index contributed by atoms with van der Waals surface area (Å²) < 4.78 is 32.0. The highest BCUT2D eigenvalue weighted by Crippen LogP contribution is 2.36. The smallest absolute Gasteiger partial charge is 0.462 e. The maximum absolute atomic E-state index is 12.4. The van der Waals surface area contributed by atoms with Gasteiger partial charge in [-0.25, -0.2) is 4.57 Å². The predicted octanol–water partition coefficient (Wildman–Crippen LogP) is 10.9. The summed E-state index contributed by atoms with van der Waals surface area (Å²) in [6, 6.07) is 0. The Morgan fingerprint density at radius 3 is 1.73 bits per heavy atom. The van der Waals surface area contributed by atoms with Crippen LogP contribution in [0.15, 0.2) is 48.6 Å². The minimum Gasteiger partial charge on any atom is -0.462 e. The highest BCUT2D eigenvalue weighted by molar-refractivity contribution is 7.46. The molecule has 0 spiro atoms. The Bertz CT molecular complexity index is 1030. The van der Waals surface area contributed by atoms with Crippen LogP contribution in [0.1, 0.15) is 168 Å². The topological polar surface area (TPSA) is 132 Å². The number of allylic oxidation sites excluding steroid dienone is 6. The zero-order chi connectivity index (χ0) is 37.3. The molecule has 9 nitrogen and oxygen atoms in total. The van der Waals surface area contributed by atoms with E-state index in [0.29, 0.717) is 19.3 Å². The second kappa shape index (κ2) is 32.6. The normalized spacial score (nSPS) is 16.9. The van der Waals surface area contributed by atoms with E-state index in [1.165, 1.54) is 64.2 Å². The van der Waals surface area contributed by atoms with Gasteiger partial charge in [0.05, 0.1) is 18.8 Å². The first-order valence-electron chi connectivity index (χ1n) is 20.1. The summed E-state index contributed by atoms with van der Waals surface area (Å²) in [6.45, 7) is 3.58. The summed E-state index contributed by atoms with van der Waals surface area (Å²) in [5.74, 6) is -0.970. The molecule has 1 heterocycles. The molecule has 2 unspecified atom stereocenters. The van der Waals surface area contributed by atoms with Crippen LogP contribution in [0, 0.1) is 0 Å². The largest absolute Gasteiger partial charge is 0.469 e. The van der Waals surface area contributed by atoms with Gasteiger partial charge >= 0.3 is 19.8 Å². The second-order valence-electron chi connectivity index (χ2n) is 13.6. The van der Waals surface area contributed by atoms with Crippen molar-refractivity contribution in [3.05, 3.63) is 48.6 Å². The van der Waals surface area contributed by atoms with Crippen molar-refractivity contribution in [3.63, 3.8) is 0 Å². The molecule has 1 rings (SSSR count). The number of ether oxygens (including phenoxy) is 3. The predicted molar refractivity (Wildman–Crippen MR) is 206 cm³/mol. The average molecular weight is 739 g/mol. The molecule has 0 aliphatic carbocycles. The molecule has 0 aromatic carbocycles. The third kappa shape index (κ3) is 32.4. The molecule has 51 heavy (non-hydrogen) atoms. The van der Waals surface area contributed by atoms with E-state index in [-0.39, 0.29) is 31.7 Å². The molecule has 0 aromatic heterocycles. The number of unbranched alkanes of at least 4 members (excludes halogenated alkanes) is 15. The van der Waals surface area contributed by atoms with Crippen molar-refractivity contribution in [2.45, 2.75) is 186 Å². The van der Waals surface area contributed by atoms with E-state index in [2.05, 4.69) is 60.9 Å². The summed E-state index contributed by atoms with van der Waals surface area (Å²) in [6.07, 6.45) is 41.4. The first kappa shape index (κ1) is 47.0. The standard InChI is InChI=1S/C41H71O9P/c1-3-5-7-9-11-13-14-15-16-17-18-20-22-24-30-34-41(43)49-37(36-48-51(44,45)46)35-47-40(42)33-29-26-25-28-32-39-38(50-39)31-27-23-21-19-12-10-8-6-4-2/h12,15-16,19,23,25,27-28,37-39H,3-11,13-14,17-18,20-22,24,26,29-36H2,1-2H3,(H2,44,45,46)/b16-15-,19-12-,27-23-,28-25-/t37-,38?,39?/m1/s1. The van der Waals surface area contributed by atoms with Gasteiger partial charge in [-0.2, -0.15) is 0 Å². The number of hydrogen-bond acceptors (Lipinski definition) is 7. The molecule has 10 heteroatoms. The lowest BCUT2D eigenvalue weighted by Gasteiger charge is -2.18. The number of phosphoric ester groups is 1.